The van der Waals surface area contributed by atoms with Gasteiger partial charge < -0.3 is 45.2 Å². The van der Waals surface area contributed by atoms with Gasteiger partial charge in [-0.1, -0.05) is 94.6 Å². The first-order valence-electron chi connectivity index (χ1n) is 36.7. The molecule has 3 fully saturated rings. The maximum absolute atomic E-state index is 14.7. The molecule has 0 bridgehead atoms. The number of allylic oxidation sites excluding steroid dienone is 1. The van der Waals surface area contributed by atoms with E-state index in [1.54, 1.807) is 23.4 Å². The Hall–Kier alpha value is -7.77. The second-order valence-electron chi connectivity index (χ2n) is 30.7. The Balaban J connectivity index is 0.614. The number of anilines is 2. The maximum Gasteiger partial charge on any atom is 0.501 e. The maximum atomic E-state index is 14.7. The van der Waals surface area contributed by atoms with Crippen molar-refractivity contribution >= 4 is 101 Å². The number of thioether (sulfide) groups is 1. The SMILES string of the molecule is C[C@H](C(=O)N[C@@H]1C[C@@H](O)CN1C(=O)[C@@H](NC(=O)CCCCCC(=O)N1CCN(CC[C@H](CSc2ccccc2)Nc2ccc(S(=O)(=O)NC(=O)c3ccc4c(c3)OC[C@@H]3CN(CC5=C(c6ccc(Cl)cc6)CCC(C)(C)C5)CCN43)cc2S(=O)(=O)C(F)(F)F)CC1)C(C)(C)C)c1ccc2c(c1)OCc1ncsc1-2. The van der Waals surface area contributed by atoms with E-state index in [4.69, 9.17) is 21.1 Å². The van der Waals surface area contributed by atoms with Gasteiger partial charge in [-0.2, -0.15) is 13.2 Å². The summed E-state index contributed by atoms with van der Waals surface area (Å²) in [6.07, 6.45) is 3.54. The lowest BCUT2D eigenvalue weighted by Gasteiger charge is -2.46. The van der Waals surface area contributed by atoms with Crippen LogP contribution >= 0.6 is 34.7 Å². The van der Waals surface area contributed by atoms with Crippen molar-refractivity contribution in [3.05, 3.63) is 148 Å². The van der Waals surface area contributed by atoms with Gasteiger partial charge in [0, 0.05) is 118 Å². The Kier molecular flexibility index (Phi) is 24.7. The number of nitrogens with zero attached hydrogens (tertiary/aromatic N) is 6. The van der Waals surface area contributed by atoms with Gasteiger partial charge >= 0.3 is 5.51 Å². The van der Waals surface area contributed by atoms with Crippen molar-refractivity contribution in [3.8, 4) is 21.9 Å². The highest BCUT2D eigenvalue weighted by Crippen LogP contribution is 2.46. The number of amides is 5. The number of piperazine rings is 2. The number of benzene rings is 5. The summed E-state index contributed by atoms with van der Waals surface area (Å²) < 4.78 is 113. The van der Waals surface area contributed by atoms with Gasteiger partial charge in [0.1, 0.15) is 41.8 Å². The zero-order valence-corrected chi connectivity index (χ0v) is 65.5. The number of halogens is 4. The molecule has 0 unspecified atom stereocenters. The summed E-state index contributed by atoms with van der Waals surface area (Å²) in [7, 11) is -11.2. The van der Waals surface area contributed by atoms with Gasteiger partial charge in [-0.25, -0.2) is 26.5 Å². The summed E-state index contributed by atoms with van der Waals surface area (Å²) in [5, 5.41) is 20.4. The fourth-order valence-electron chi connectivity index (χ4n) is 15.0. The number of thiazole rings is 1. The van der Waals surface area contributed by atoms with Crippen LogP contribution in [0, 0.1) is 10.8 Å². The quantitative estimate of drug-likeness (QED) is 0.0249. The van der Waals surface area contributed by atoms with E-state index in [2.05, 4.69) is 61.6 Å². The molecule has 6 atom stereocenters. The first kappa shape index (κ1) is 79.8. The molecule has 6 heterocycles. The third-order valence-electron chi connectivity index (χ3n) is 21.2. The Morgan fingerprint density at radius 2 is 1.57 bits per heavy atom. The normalized spacial score (nSPS) is 19.8. The molecule has 22 nitrogen and oxygen atoms in total. The number of aliphatic hydroxyl groups excluding tert-OH is 1. The predicted molar refractivity (Wildman–Crippen MR) is 411 cm³/mol. The molecule has 12 rings (SSSR count). The molecule has 6 aromatic rings. The predicted octanol–water partition coefficient (Wildman–Crippen LogP) is 11.7. The summed E-state index contributed by atoms with van der Waals surface area (Å²) in [5.74, 6) is -1.66. The molecule has 5 amide bonds. The number of unbranched alkanes of at least 4 members (excludes halogenated alkanes) is 2. The van der Waals surface area contributed by atoms with Crippen molar-refractivity contribution in [2.75, 3.05) is 88.0 Å². The number of sulfonamides is 1. The van der Waals surface area contributed by atoms with Gasteiger partial charge in [0.2, 0.25) is 23.6 Å². The molecule has 5 aliphatic heterocycles. The van der Waals surface area contributed by atoms with E-state index in [-0.39, 0.29) is 66.3 Å². The van der Waals surface area contributed by atoms with Crippen LogP contribution < -0.4 is 35.0 Å². The largest absolute Gasteiger partial charge is 0.501 e. The highest BCUT2D eigenvalue weighted by atomic mass is 35.5. The zero-order chi connectivity index (χ0) is 77.0. The van der Waals surface area contributed by atoms with Crippen LogP contribution in [0.5, 0.6) is 11.5 Å². The van der Waals surface area contributed by atoms with Crippen LogP contribution in [0.15, 0.2) is 135 Å². The van der Waals surface area contributed by atoms with Crippen LogP contribution in [-0.4, -0.2) is 190 Å². The van der Waals surface area contributed by atoms with E-state index in [1.807, 2.05) is 86.2 Å². The van der Waals surface area contributed by atoms with Crippen molar-refractivity contribution in [1.82, 2.24) is 39.9 Å². The molecule has 6 aliphatic rings. The minimum absolute atomic E-state index is 0.0144. The summed E-state index contributed by atoms with van der Waals surface area (Å²) in [6.45, 7) is 17.5. The van der Waals surface area contributed by atoms with E-state index < -0.39 is 88.3 Å². The summed E-state index contributed by atoms with van der Waals surface area (Å²) in [6, 6.07) is 28.1. The number of aliphatic hydroxyl groups is 1. The number of carbonyl (C=O) groups is 5. The second kappa shape index (κ2) is 33.4. The molecule has 1 aromatic heterocycles. The number of ether oxygens (including phenoxy) is 2. The van der Waals surface area contributed by atoms with Gasteiger partial charge in [-0.15, -0.1) is 23.1 Å². The van der Waals surface area contributed by atoms with E-state index in [0.717, 1.165) is 76.8 Å². The van der Waals surface area contributed by atoms with Crippen LogP contribution in [0.3, 0.4) is 0 Å². The molecule has 5 aromatic carbocycles. The number of carbonyl (C=O) groups excluding carboxylic acids is 5. The lowest BCUT2D eigenvalue weighted by molar-refractivity contribution is -0.142. The Morgan fingerprint density at radius 1 is 0.833 bits per heavy atom. The average molecular weight is 1580 g/mol. The van der Waals surface area contributed by atoms with Crippen molar-refractivity contribution in [1.29, 1.82) is 0 Å². The molecule has 3 saturated heterocycles. The monoisotopic (exact) mass is 1580 g/mol. The smallest absolute Gasteiger partial charge is 0.489 e. The molecule has 0 saturated carbocycles. The van der Waals surface area contributed by atoms with Crippen LogP contribution in [0.4, 0.5) is 24.5 Å². The van der Waals surface area contributed by atoms with Crippen LogP contribution in [0.2, 0.25) is 5.02 Å². The van der Waals surface area contributed by atoms with Gasteiger partial charge in [-0.3, -0.25) is 33.8 Å². The van der Waals surface area contributed by atoms with Crippen LogP contribution in [0.25, 0.3) is 16.0 Å². The van der Waals surface area contributed by atoms with Gasteiger partial charge in [0.15, 0.2) is 0 Å². The summed E-state index contributed by atoms with van der Waals surface area (Å²) in [5.41, 5.74) is 1.91. The van der Waals surface area contributed by atoms with Crippen molar-refractivity contribution in [2.45, 2.75) is 169 Å². The topological polar surface area (TPSA) is 270 Å². The van der Waals surface area contributed by atoms with Gasteiger partial charge in [0.25, 0.3) is 25.8 Å². The number of rotatable bonds is 26. The molecule has 30 heteroatoms. The highest BCUT2D eigenvalue weighted by Gasteiger charge is 2.49. The minimum atomic E-state index is -6.21. The Bertz CT molecular complexity index is 4570. The first-order valence-corrected chi connectivity index (χ1v) is 42.0. The third-order valence-corrected chi connectivity index (χ3v) is 26.4. The van der Waals surface area contributed by atoms with E-state index in [9.17, 15) is 59.1 Å². The van der Waals surface area contributed by atoms with Crippen molar-refractivity contribution < 1.29 is 68.6 Å². The number of nitrogens with one attached hydrogen (secondary N) is 4. The lowest BCUT2D eigenvalue weighted by Crippen LogP contribution is -2.58. The molecular weight excluding hydrogens is 1490 g/mol. The van der Waals surface area contributed by atoms with Gasteiger partial charge in [-0.05, 0) is 146 Å². The third kappa shape index (κ3) is 19.0. The summed E-state index contributed by atoms with van der Waals surface area (Å²) in [4.78, 5) is 83.0. The van der Waals surface area contributed by atoms with Crippen molar-refractivity contribution in [3.63, 3.8) is 0 Å². The number of β-amino-alcohol motifs (C(OH)–C–C–N with tert-alkyl or cyclic N) is 1. The number of fused-ring (bicyclic) bond motifs is 6. The fourth-order valence-corrected chi connectivity index (χ4v) is 19.0. The molecule has 108 heavy (non-hydrogen) atoms. The van der Waals surface area contributed by atoms with Crippen LogP contribution in [-0.2, 0) is 45.6 Å². The number of alkyl halides is 3. The van der Waals surface area contributed by atoms with Crippen LogP contribution in [0.1, 0.15) is 139 Å². The number of hydrogen-bond acceptors (Lipinski definition) is 19. The van der Waals surface area contributed by atoms with Crippen molar-refractivity contribution in [2.24, 2.45) is 10.8 Å². The number of hydrogen-bond donors (Lipinski definition) is 5. The lowest BCUT2D eigenvalue weighted by atomic mass is 9.72. The van der Waals surface area contributed by atoms with E-state index in [0.29, 0.717) is 107 Å². The average Bonchev–Trinajstić information content (AvgIpc) is 0.894. The first-order chi connectivity index (χ1) is 51.3. The second-order valence-corrected chi connectivity index (χ2v) is 36.7. The molecule has 580 valence electrons. The molecular formula is C78H94ClF3N10O12S4. The van der Waals surface area contributed by atoms with E-state index >= 15 is 0 Å². The standard InChI is InChI=1S/C78H94ClF3N10O12S4/c1-49(51-19-24-61-65(37-51)104-46-63-71(61)106-48-83-63)73(96)85-68-39-57(93)44-92(68)75(98)72(76(2,3)4)86-69(94)15-11-8-12-16-70(95)90-34-31-88(32-35-90)30-28-55(47-105-58-13-9-7-10-14-58)84-62-25-23-59(40-67(62)107(99,100)78(80,81)82)108(101,102)87-74(97)52-20-26-64-66(38-52)103-45-56-43-89(33-36-91(56)64)42-53-41-77(5,6)29-27-60(53)50-17-21-54(79)22-18-50/h7,9-10,13-14,17-26,37-38,40,48-49,55-57,68,72,84,93H,8,11-12,15-16,27-36,39,41-47H2,1-6H3,(H,85,96)(H,86,94)(H,87,97)/t49-,55+,56-,57+,68-,72+/m0/s1. The van der Waals surface area contributed by atoms with Gasteiger partial charge in [0.05, 0.1) is 50.4 Å². The summed E-state index contributed by atoms with van der Waals surface area (Å²) >= 11 is 9.16. The molecule has 0 spiro atoms. The minimum Gasteiger partial charge on any atom is -0.489 e. The highest BCUT2D eigenvalue weighted by molar-refractivity contribution is 7.99. The number of aromatic nitrogens is 1. The zero-order valence-electron chi connectivity index (χ0n) is 61.5. The Labute approximate surface area is 642 Å². The molecule has 0 radical (unpaired) electrons. The molecule has 5 N–H and O–H groups in total. The number of likely N-dealkylation sites (tertiary alicyclic amines) is 1. The number of sulfone groups is 1. The molecule has 1 aliphatic carbocycles. The fraction of sp³-hybridized carbons (Fsp3) is 0.487. The Morgan fingerprint density at radius 3 is 2.31 bits per heavy atom. The van der Waals surface area contributed by atoms with E-state index in [1.165, 1.54) is 56.8 Å².